The molecule has 0 aliphatic heterocycles. The van der Waals surface area contributed by atoms with Crippen molar-refractivity contribution in [3.05, 3.63) is 72.3 Å². The number of hydrogen-bond donors (Lipinski definition) is 2. The highest BCUT2D eigenvalue weighted by Crippen LogP contribution is 2.24. The van der Waals surface area contributed by atoms with Gasteiger partial charge in [-0.25, -0.2) is 18.6 Å². The van der Waals surface area contributed by atoms with E-state index in [1.54, 1.807) is 38.5 Å². The average molecular weight is 472 g/mol. The zero-order valence-electron chi connectivity index (χ0n) is 18.4. The zero-order valence-corrected chi connectivity index (χ0v) is 18.4. The molecule has 6 aromatic rings. The van der Waals surface area contributed by atoms with Crippen molar-refractivity contribution in [3.63, 3.8) is 0 Å². The molecule has 13 nitrogen and oxygen atoms in total. The molecule has 0 aliphatic rings. The number of nitrogens with zero attached hydrogens (tertiary/aromatic N) is 10. The summed E-state index contributed by atoms with van der Waals surface area (Å²) in [5.74, 6) is 0.396. The van der Waals surface area contributed by atoms with E-state index < -0.39 is 0 Å². The van der Waals surface area contributed by atoms with E-state index in [9.17, 15) is 4.79 Å². The quantitative estimate of drug-likeness (QED) is 0.336. The largest absolute Gasteiger partial charge is 0.394 e. The summed E-state index contributed by atoms with van der Waals surface area (Å²) in [4.78, 5) is 17.8. The third kappa shape index (κ3) is 3.59. The fourth-order valence-corrected chi connectivity index (χ4v) is 4.03. The van der Waals surface area contributed by atoms with Crippen molar-refractivity contribution >= 4 is 11.0 Å². The van der Waals surface area contributed by atoms with E-state index in [1.807, 2.05) is 24.7 Å². The van der Waals surface area contributed by atoms with Crippen LogP contribution in [0, 0.1) is 0 Å². The molecule has 0 bridgehead atoms. The van der Waals surface area contributed by atoms with Crippen LogP contribution in [0.25, 0.3) is 39.1 Å². The van der Waals surface area contributed by atoms with Gasteiger partial charge in [0.25, 0.3) is 5.56 Å². The summed E-state index contributed by atoms with van der Waals surface area (Å²) in [5, 5.41) is 35.4. The molecule has 0 aromatic carbocycles. The van der Waals surface area contributed by atoms with Crippen molar-refractivity contribution in [1.82, 2.24) is 48.3 Å². The minimum Gasteiger partial charge on any atom is -0.394 e. The van der Waals surface area contributed by atoms with Crippen LogP contribution < -0.4 is 5.56 Å². The lowest BCUT2D eigenvalue weighted by atomic mass is 10.2. The van der Waals surface area contributed by atoms with Gasteiger partial charge >= 0.3 is 0 Å². The Labute approximate surface area is 196 Å². The molecular weight excluding hydrogens is 452 g/mol. The maximum absolute atomic E-state index is 13.4. The normalized spacial score (nSPS) is 11.7. The molecule has 0 aliphatic carbocycles. The molecule has 0 saturated heterocycles. The Balaban J connectivity index is 1.42. The van der Waals surface area contributed by atoms with E-state index >= 15 is 0 Å². The van der Waals surface area contributed by atoms with E-state index in [0.29, 0.717) is 29.9 Å². The number of hydrogen-bond acceptors (Lipinski definition) is 8. The van der Waals surface area contributed by atoms with Crippen molar-refractivity contribution in [2.75, 3.05) is 13.2 Å². The minimum absolute atomic E-state index is 0.000667. The minimum atomic E-state index is -0.284. The van der Waals surface area contributed by atoms with Crippen molar-refractivity contribution in [2.45, 2.75) is 13.1 Å². The second kappa shape index (κ2) is 8.30. The predicted molar refractivity (Wildman–Crippen MR) is 124 cm³/mol. The van der Waals surface area contributed by atoms with E-state index in [4.69, 9.17) is 10.2 Å². The Morgan fingerprint density at radius 2 is 1.31 bits per heavy atom. The molecule has 6 rings (SSSR count). The highest BCUT2D eigenvalue weighted by molar-refractivity contribution is 5.74. The topological polar surface area (TPSA) is 146 Å². The van der Waals surface area contributed by atoms with E-state index in [2.05, 4.69) is 25.4 Å². The number of aromatic nitrogens is 10. The summed E-state index contributed by atoms with van der Waals surface area (Å²) in [6.45, 7) is 0.787. The molecule has 35 heavy (non-hydrogen) atoms. The number of rotatable bonds is 7. The predicted octanol–water partition coefficient (Wildman–Crippen LogP) is 0.239. The summed E-state index contributed by atoms with van der Waals surface area (Å²) >= 11 is 0. The Kier molecular flexibility index (Phi) is 4.97. The van der Waals surface area contributed by atoms with Crippen molar-refractivity contribution in [2.24, 2.45) is 0 Å². The standard InChI is InChI=1S/C22H20N10O3/c33-3-1-28-9-17(7-24-28)15-5-19-21(23-13-26-31(19)11-15)30-14-27-32-12-16(6-20(32)22(30)35)18-8-25-29(10-18)2-4-34/h5-14,33-34H,1-4H2. The SMILES string of the molecule is O=c1c2cc(-c3cnn(CCO)c3)cn2ncn1-c1ncnn2cc(-c3cnn(CCO)c3)cc12. The first-order chi connectivity index (χ1) is 17.1. The Morgan fingerprint density at radius 1 is 0.714 bits per heavy atom. The molecule has 176 valence electrons. The van der Waals surface area contributed by atoms with Crippen molar-refractivity contribution in [1.29, 1.82) is 0 Å². The first-order valence-electron chi connectivity index (χ1n) is 10.9. The molecule has 0 atom stereocenters. The molecule has 6 aromatic heterocycles. The third-order valence-electron chi connectivity index (χ3n) is 5.73. The summed E-state index contributed by atoms with van der Waals surface area (Å²) in [6, 6.07) is 3.63. The highest BCUT2D eigenvalue weighted by atomic mass is 16.3. The first-order valence-corrected chi connectivity index (χ1v) is 10.9. The maximum atomic E-state index is 13.4. The first kappa shape index (κ1) is 20.9. The molecule has 13 heteroatoms. The highest BCUT2D eigenvalue weighted by Gasteiger charge is 2.15. The van der Waals surface area contributed by atoms with Crippen molar-refractivity contribution in [3.8, 4) is 28.1 Å². The lowest BCUT2D eigenvalue weighted by molar-refractivity contribution is 0.269. The van der Waals surface area contributed by atoms with Gasteiger partial charge in [-0.3, -0.25) is 14.2 Å². The Hall–Kier alpha value is -4.62. The van der Waals surface area contributed by atoms with Gasteiger partial charge in [0, 0.05) is 47.0 Å². The van der Waals surface area contributed by atoms with Crippen LogP contribution in [0.15, 0.2) is 66.8 Å². The van der Waals surface area contributed by atoms with Crippen molar-refractivity contribution < 1.29 is 10.2 Å². The van der Waals surface area contributed by atoms with Crippen LogP contribution in [0.3, 0.4) is 0 Å². The molecule has 2 N–H and O–H groups in total. The monoisotopic (exact) mass is 472 g/mol. The van der Waals surface area contributed by atoms with Crippen LogP contribution in [0.4, 0.5) is 0 Å². The number of aliphatic hydroxyl groups excluding tert-OH is 2. The van der Waals surface area contributed by atoms with Crippen LogP contribution in [-0.2, 0) is 13.1 Å². The van der Waals surface area contributed by atoms with Crippen LogP contribution in [0.1, 0.15) is 0 Å². The smallest absolute Gasteiger partial charge is 0.283 e. The Morgan fingerprint density at radius 3 is 1.94 bits per heavy atom. The van der Waals surface area contributed by atoms with Crippen LogP contribution in [0.2, 0.25) is 0 Å². The molecule has 0 radical (unpaired) electrons. The van der Waals surface area contributed by atoms with Gasteiger partial charge in [-0.2, -0.15) is 20.4 Å². The molecule has 0 spiro atoms. The van der Waals surface area contributed by atoms with E-state index in [1.165, 1.54) is 21.7 Å². The van der Waals surface area contributed by atoms with Crippen LogP contribution >= 0.6 is 0 Å². The third-order valence-corrected chi connectivity index (χ3v) is 5.73. The summed E-state index contributed by atoms with van der Waals surface area (Å²) in [5.41, 5.74) is 4.03. The van der Waals surface area contributed by atoms with E-state index in [0.717, 1.165) is 22.3 Å². The average Bonchev–Trinajstić information content (AvgIpc) is 3.64. The number of aliphatic hydroxyl groups is 2. The van der Waals surface area contributed by atoms with Gasteiger partial charge in [0.1, 0.15) is 23.7 Å². The van der Waals surface area contributed by atoms with Gasteiger partial charge in [-0.1, -0.05) is 0 Å². The molecule has 0 unspecified atom stereocenters. The van der Waals surface area contributed by atoms with Gasteiger partial charge in [-0.05, 0) is 12.1 Å². The molecule has 0 saturated carbocycles. The van der Waals surface area contributed by atoms with Gasteiger partial charge in [0.15, 0.2) is 5.82 Å². The second-order valence-electron chi connectivity index (χ2n) is 7.94. The zero-order chi connectivity index (χ0) is 23.9. The molecule has 6 heterocycles. The lowest BCUT2D eigenvalue weighted by Gasteiger charge is -2.05. The summed E-state index contributed by atoms with van der Waals surface area (Å²) < 4.78 is 7.86. The van der Waals surface area contributed by atoms with Gasteiger partial charge < -0.3 is 10.2 Å². The van der Waals surface area contributed by atoms with Gasteiger partial charge in [0.05, 0.1) is 38.7 Å². The summed E-state index contributed by atoms with van der Waals surface area (Å²) in [7, 11) is 0. The lowest BCUT2D eigenvalue weighted by Crippen LogP contribution is -2.22. The second-order valence-corrected chi connectivity index (χ2v) is 7.94. The van der Waals surface area contributed by atoms with Crippen LogP contribution in [0.5, 0.6) is 0 Å². The van der Waals surface area contributed by atoms with Gasteiger partial charge in [-0.15, -0.1) is 0 Å². The summed E-state index contributed by atoms with van der Waals surface area (Å²) in [6.07, 6.45) is 13.4. The molecule has 0 amide bonds. The Bertz CT molecular complexity index is 1720. The molecule has 0 fully saturated rings. The van der Waals surface area contributed by atoms with Gasteiger partial charge in [0.2, 0.25) is 0 Å². The maximum Gasteiger partial charge on any atom is 0.283 e. The van der Waals surface area contributed by atoms with Crippen LogP contribution in [-0.4, -0.2) is 71.8 Å². The number of fused-ring (bicyclic) bond motifs is 2. The fraction of sp³-hybridized carbons (Fsp3) is 0.182. The molecular formula is C22H20N10O3. The van der Waals surface area contributed by atoms with E-state index in [-0.39, 0.29) is 18.8 Å². The fourth-order valence-electron chi connectivity index (χ4n) is 4.03.